The SMILES string of the molecule is O=C(C[C@H](c1ccc[n+]([O-])c1)P(=S)(c1ccccc1)c1ccccc1)c1ccccc1. The van der Waals surface area contributed by atoms with Crippen LogP contribution in [0.1, 0.15) is 28.0 Å². The third-order valence-corrected chi connectivity index (χ3v) is 10.9. The molecule has 3 nitrogen and oxygen atoms in total. The van der Waals surface area contributed by atoms with Gasteiger partial charge in [-0.05, 0) is 16.7 Å². The number of aromatic nitrogens is 1. The largest absolute Gasteiger partial charge is 0.619 e. The van der Waals surface area contributed by atoms with Gasteiger partial charge in [-0.3, -0.25) is 4.79 Å². The molecule has 31 heavy (non-hydrogen) atoms. The van der Waals surface area contributed by atoms with Crippen LogP contribution in [0.2, 0.25) is 0 Å². The molecule has 0 spiro atoms. The second kappa shape index (κ2) is 9.38. The van der Waals surface area contributed by atoms with E-state index in [1.165, 1.54) is 6.20 Å². The summed E-state index contributed by atoms with van der Waals surface area (Å²) in [6.07, 6.45) is 3.24. The Morgan fingerprint density at radius 2 is 1.32 bits per heavy atom. The first-order valence-corrected chi connectivity index (χ1v) is 12.9. The number of carbonyl (C=O) groups excluding carboxylic acids is 1. The van der Waals surface area contributed by atoms with Crippen LogP contribution in [0, 0.1) is 5.21 Å². The zero-order valence-corrected chi connectivity index (χ0v) is 18.6. The molecule has 0 amide bonds. The Labute approximate surface area is 187 Å². The maximum absolute atomic E-state index is 13.3. The van der Waals surface area contributed by atoms with E-state index in [9.17, 15) is 10.0 Å². The maximum Gasteiger partial charge on any atom is 0.184 e. The first-order valence-electron chi connectivity index (χ1n) is 10.1. The van der Waals surface area contributed by atoms with Crippen molar-refractivity contribution in [2.24, 2.45) is 0 Å². The van der Waals surface area contributed by atoms with Crippen LogP contribution in [0.3, 0.4) is 0 Å². The summed E-state index contributed by atoms with van der Waals surface area (Å²) in [7, 11) is 0. The van der Waals surface area contributed by atoms with E-state index in [4.69, 9.17) is 11.8 Å². The standard InChI is InChI=1S/C26H22NO2PS/c28-25(21-11-4-1-5-12-21)19-26(22-13-10-18-27(29)20-22)30(31,23-14-6-2-7-15-23)24-16-8-3-9-17-24/h1-18,20,26H,19H2/t26-/m1/s1. The van der Waals surface area contributed by atoms with Gasteiger partial charge in [-0.2, -0.15) is 4.73 Å². The van der Waals surface area contributed by atoms with Gasteiger partial charge in [0.1, 0.15) is 0 Å². The Morgan fingerprint density at radius 3 is 1.84 bits per heavy atom. The summed E-state index contributed by atoms with van der Waals surface area (Å²) in [6.45, 7) is 0. The monoisotopic (exact) mass is 443 g/mol. The summed E-state index contributed by atoms with van der Waals surface area (Å²) in [5.41, 5.74) is 1.14. The third kappa shape index (κ3) is 4.51. The predicted octanol–water partition coefficient (Wildman–Crippen LogP) is 4.76. The van der Waals surface area contributed by atoms with Gasteiger partial charge in [-0.15, -0.1) is 0 Å². The van der Waals surface area contributed by atoms with Gasteiger partial charge in [0.25, 0.3) is 0 Å². The molecule has 4 aromatic rings. The first kappa shape index (κ1) is 21.2. The lowest BCUT2D eigenvalue weighted by molar-refractivity contribution is -0.605. The average Bonchev–Trinajstić information content (AvgIpc) is 2.83. The van der Waals surface area contributed by atoms with E-state index in [2.05, 4.69) is 0 Å². The molecule has 0 bridgehead atoms. The Kier molecular flexibility index (Phi) is 6.41. The van der Waals surface area contributed by atoms with Crippen LogP contribution in [-0.4, -0.2) is 5.78 Å². The van der Waals surface area contributed by atoms with E-state index in [1.807, 2.05) is 97.1 Å². The molecule has 4 rings (SSSR count). The summed E-state index contributed by atoms with van der Waals surface area (Å²) < 4.78 is 0.783. The summed E-state index contributed by atoms with van der Waals surface area (Å²) in [6, 6.07) is 30.4. The second-order valence-corrected chi connectivity index (χ2v) is 12.0. The highest BCUT2D eigenvalue weighted by molar-refractivity contribution is 8.22. The Morgan fingerprint density at radius 1 is 0.806 bits per heavy atom. The molecule has 5 heteroatoms. The van der Waals surface area contributed by atoms with Crippen molar-refractivity contribution in [3.05, 3.63) is 132 Å². The van der Waals surface area contributed by atoms with Gasteiger partial charge in [0, 0.05) is 35.3 Å². The molecule has 0 aliphatic heterocycles. The highest BCUT2D eigenvalue weighted by atomic mass is 32.4. The van der Waals surface area contributed by atoms with E-state index >= 15 is 0 Å². The molecule has 1 heterocycles. The second-order valence-electron chi connectivity index (χ2n) is 7.34. The summed E-state index contributed by atoms with van der Waals surface area (Å²) in [5.74, 6) is 0.0213. The fourth-order valence-corrected chi connectivity index (χ4v) is 8.41. The van der Waals surface area contributed by atoms with E-state index in [1.54, 1.807) is 12.3 Å². The Balaban J connectivity index is 1.91. The van der Waals surface area contributed by atoms with Crippen molar-refractivity contribution in [2.75, 3.05) is 0 Å². The number of nitrogens with zero attached hydrogens (tertiary/aromatic N) is 1. The Hall–Kier alpha value is -3.07. The van der Waals surface area contributed by atoms with E-state index < -0.39 is 6.04 Å². The summed E-state index contributed by atoms with van der Waals surface area (Å²) >= 11 is 6.50. The lowest BCUT2D eigenvalue weighted by atomic mass is 10.0. The number of pyridine rings is 1. The molecule has 1 aromatic heterocycles. The van der Waals surface area contributed by atoms with Crippen LogP contribution in [-0.2, 0) is 11.8 Å². The van der Waals surface area contributed by atoms with E-state index in [0.29, 0.717) is 5.56 Å². The predicted molar refractivity (Wildman–Crippen MR) is 130 cm³/mol. The van der Waals surface area contributed by atoms with Crippen LogP contribution >= 0.6 is 6.04 Å². The smallest absolute Gasteiger partial charge is 0.184 e. The fraction of sp³-hybridized carbons (Fsp3) is 0.0769. The number of benzene rings is 3. The van der Waals surface area contributed by atoms with Crippen molar-refractivity contribution in [3.8, 4) is 0 Å². The fourth-order valence-electron chi connectivity index (χ4n) is 3.85. The van der Waals surface area contributed by atoms with Crippen LogP contribution < -0.4 is 15.3 Å². The number of rotatable bonds is 7. The van der Waals surface area contributed by atoms with Crippen LogP contribution in [0.4, 0.5) is 0 Å². The van der Waals surface area contributed by atoms with E-state index in [0.717, 1.165) is 20.9 Å². The minimum absolute atomic E-state index is 0.0213. The molecule has 0 aliphatic rings. The minimum Gasteiger partial charge on any atom is -0.619 e. The average molecular weight is 444 g/mol. The molecule has 0 saturated carbocycles. The topological polar surface area (TPSA) is 44.0 Å². The van der Waals surface area contributed by atoms with Gasteiger partial charge in [0.2, 0.25) is 0 Å². The summed E-state index contributed by atoms with van der Waals surface area (Å²) in [4.78, 5) is 13.3. The highest BCUT2D eigenvalue weighted by Crippen LogP contribution is 2.59. The number of ketones is 1. The van der Waals surface area contributed by atoms with Gasteiger partial charge in [0.15, 0.2) is 18.2 Å². The quantitative estimate of drug-likeness (QED) is 0.179. The van der Waals surface area contributed by atoms with Crippen LogP contribution in [0.15, 0.2) is 116 Å². The van der Waals surface area contributed by atoms with Crippen molar-refractivity contribution in [1.82, 2.24) is 0 Å². The zero-order valence-electron chi connectivity index (χ0n) is 16.9. The van der Waals surface area contributed by atoms with E-state index in [-0.39, 0.29) is 17.9 Å². The molecule has 0 aliphatic carbocycles. The molecular weight excluding hydrogens is 421 g/mol. The molecular formula is C26H22NO2PS. The third-order valence-electron chi connectivity index (χ3n) is 5.38. The molecule has 0 radical (unpaired) electrons. The van der Waals surface area contributed by atoms with Gasteiger partial charge in [-0.25, -0.2) is 0 Å². The first-order chi connectivity index (χ1) is 15.1. The van der Waals surface area contributed by atoms with Crippen LogP contribution in [0.25, 0.3) is 0 Å². The highest BCUT2D eigenvalue weighted by Gasteiger charge is 2.36. The van der Waals surface area contributed by atoms with Crippen LogP contribution in [0.5, 0.6) is 0 Å². The summed E-state index contributed by atoms with van der Waals surface area (Å²) in [5, 5.41) is 14.2. The normalized spacial score (nSPS) is 12.3. The lowest BCUT2D eigenvalue weighted by Gasteiger charge is -2.32. The van der Waals surface area contributed by atoms with Gasteiger partial charge in [0.05, 0.1) is 0 Å². The Bertz CT molecular complexity index is 1170. The number of carbonyl (C=O) groups is 1. The molecule has 0 saturated heterocycles. The number of Topliss-reactive ketones (excluding diaryl/α,β-unsaturated/α-hetero) is 1. The molecule has 3 aromatic carbocycles. The van der Waals surface area contributed by atoms with Crippen molar-refractivity contribution in [1.29, 1.82) is 0 Å². The molecule has 1 atom stereocenters. The maximum atomic E-state index is 13.3. The molecule has 0 unspecified atom stereocenters. The van der Waals surface area contributed by atoms with Gasteiger partial charge >= 0.3 is 0 Å². The van der Waals surface area contributed by atoms with Crippen molar-refractivity contribution in [3.63, 3.8) is 0 Å². The van der Waals surface area contributed by atoms with Crippen molar-refractivity contribution >= 4 is 34.2 Å². The minimum atomic E-state index is -2.49. The molecule has 154 valence electrons. The molecule has 0 N–H and O–H groups in total. The van der Waals surface area contributed by atoms with Gasteiger partial charge in [-0.1, -0.05) is 103 Å². The van der Waals surface area contributed by atoms with Crippen molar-refractivity contribution < 1.29 is 9.52 Å². The number of hydrogen-bond acceptors (Lipinski definition) is 3. The van der Waals surface area contributed by atoms with Crippen molar-refractivity contribution in [2.45, 2.75) is 12.1 Å². The molecule has 0 fully saturated rings. The zero-order chi connectivity index (χ0) is 21.7. The lowest BCUT2D eigenvalue weighted by Crippen LogP contribution is -2.28. The number of hydrogen-bond donors (Lipinski definition) is 0. The van der Waals surface area contributed by atoms with Gasteiger partial charge < -0.3 is 5.21 Å².